The van der Waals surface area contributed by atoms with Crippen LogP contribution in [-0.2, 0) is 9.53 Å². The summed E-state index contributed by atoms with van der Waals surface area (Å²) in [7, 11) is 0. The third kappa shape index (κ3) is 4.62. The summed E-state index contributed by atoms with van der Waals surface area (Å²) in [4.78, 5) is 13.6. The minimum atomic E-state index is 0.156. The highest BCUT2D eigenvalue weighted by Gasteiger charge is 2.18. The molecule has 1 aliphatic heterocycles. The highest BCUT2D eigenvalue weighted by atomic mass is 16.5. The topological polar surface area (TPSA) is 55.6 Å². The fourth-order valence-corrected chi connectivity index (χ4v) is 1.86. The highest BCUT2D eigenvalue weighted by molar-refractivity contribution is 5.76. The van der Waals surface area contributed by atoms with Gasteiger partial charge in [0.25, 0.3) is 0 Å². The van der Waals surface area contributed by atoms with Gasteiger partial charge in [-0.05, 0) is 19.8 Å². The fraction of sp³-hybridized carbons (Fsp3) is 0.909. The van der Waals surface area contributed by atoms with E-state index in [2.05, 4.69) is 0 Å². The van der Waals surface area contributed by atoms with Gasteiger partial charge in [0, 0.05) is 25.7 Å². The minimum absolute atomic E-state index is 0.156. The SMILES string of the molecule is CCOCCC(=O)N1CCCCC(N)C1. The zero-order chi connectivity index (χ0) is 11.1. The van der Waals surface area contributed by atoms with Gasteiger partial charge in [-0.1, -0.05) is 6.42 Å². The first kappa shape index (κ1) is 12.5. The Morgan fingerprint density at radius 2 is 2.33 bits per heavy atom. The van der Waals surface area contributed by atoms with Crippen molar-refractivity contribution in [3.63, 3.8) is 0 Å². The number of likely N-dealkylation sites (tertiary alicyclic amines) is 1. The van der Waals surface area contributed by atoms with Crippen molar-refractivity contribution in [2.24, 2.45) is 5.73 Å². The molecule has 0 aromatic rings. The molecule has 1 atom stereocenters. The van der Waals surface area contributed by atoms with Gasteiger partial charge in [-0.25, -0.2) is 0 Å². The monoisotopic (exact) mass is 214 g/mol. The maximum Gasteiger partial charge on any atom is 0.224 e. The Labute approximate surface area is 91.8 Å². The van der Waals surface area contributed by atoms with E-state index in [1.54, 1.807) is 0 Å². The molecule has 4 heteroatoms. The second-order valence-electron chi connectivity index (χ2n) is 4.04. The number of hydrogen-bond donors (Lipinski definition) is 1. The number of carbonyl (C=O) groups is 1. The van der Waals surface area contributed by atoms with Crippen LogP contribution in [0.1, 0.15) is 32.6 Å². The van der Waals surface area contributed by atoms with Crippen LogP contribution in [0.5, 0.6) is 0 Å². The normalized spacial score (nSPS) is 22.5. The van der Waals surface area contributed by atoms with Crippen LogP contribution in [0.15, 0.2) is 0 Å². The summed E-state index contributed by atoms with van der Waals surface area (Å²) >= 11 is 0. The molecule has 0 bridgehead atoms. The summed E-state index contributed by atoms with van der Waals surface area (Å²) in [6, 6.07) is 0.156. The molecule has 0 radical (unpaired) electrons. The average Bonchev–Trinajstić information content (AvgIpc) is 2.43. The van der Waals surface area contributed by atoms with E-state index in [4.69, 9.17) is 10.5 Å². The lowest BCUT2D eigenvalue weighted by Crippen LogP contribution is -2.40. The second-order valence-corrected chi connectivity index (χ2v) is 4.04. The molecule has 2 N–H and O–H groups in total. The third-order valence-corrected chi connectivity index (χ3v) is 2.72. The Bertz CT molecular complexity index is 197. The van der Waals surface area contributed by atoms with Crippen molar-refractivity contribution in [1.29, 1.82) is 0 Å². The molecule has 15 heavy (non-hydrogen) atoms. The zero-order valence-electron chi connectivity index (χ0n) is 9.58. The van der Waals surface area contributed by atoms with Crippen molar-refractivity contribution in [1.82, 2.24) is 4.90 Å². The predicted molar refractivity (Wildman–Crippen MR) is 59.5 cm³/mol. The molecular weight excluding hydrogens is 192 g/mol. The van der Waals surface area contributed by atoms with Crippen LogP contribution >= 0.6 is 0 Å². The van der Waals surface area contributed by atoms with Gasteiger partial charge in [-0.2, -0.15) is 0 Å². The molecule has 0 saturated carbocycles. The molecule has 1 amide bonds. The van der Waals surface area contributed by atoms with Gasteiger partial charge in [-0.3, -0.25) is 4.79 Å². The Kier molecular flexibility index (Phi) is 5.65. The molecule has 0 aromatic heterocycles. The van der Waals surface area contributed by atoms with E-state index >= 15 is 0 Å². The summed E-state index contributed by atoms with van der Waals surface area (Å²) in [6.45, 7) is 4.71. The lowest BCUT2D eigenvalue weighted by atomic mass is 10.2. The van der Waals surface area contributed by atoms with Crippen LogP contribution in [0, 0.1) is 0 Å². The van der Waals surface area contributed by atoms with E-state index in [1.165, 1.54) is 0 Å². The van der Waals surface area contributed by atoms with E-state index in [9.17, 15) is 4.79 Å². The molecule has 0 spiro atoms. The molecular formula is C11H22N2O2. The zero-order valence-corrected chi connectivity index (χ0v) is 9.58. The van der Waals surface area contributed by atoms with Gasteiger partial charge >= 0.3 is 0 Å². The number of ether oxygens (including phenoxy) is 1. The Morgan fingerprint density at radius 1 is 1.53 bits per heavy atom. The van der Waals surface area contributed by atoms with Crippen molar-refractivity contribution >= 4 is 5.91 Å². The molecule has 1 fully saturated rings. The molecule has 1 unspecified atom stereocenters. The molecule has 1 aliphatic rings. The highest BCUT2D eigenvalue weighted by Crippen LogP contribution is 2.10. The molecule has 88 valence electrons. The summed E-state index contributed by atoms with van der Waals surface area (Å²) in [5.41, 5.74) is 5.89. The number of hydrogen-bond acceptors (Lipinski definition) is 3. The van der Waals surface area contributed by atoms with Crippen LogP contribution in [0.4, 0.5) is 0 Å². The van der Waals surface area contributed by atoms with Gasteiger partial charge in [0.1, 0.15) is 0 Å². The first-order valence-corrected chi connectivity index (χ1v) is 5.85. The van der Waals surface area contributed by atoms with Gasteiger partial charge in [0.2, 0.25) is 5.91 Å². The molecule has 1 saturated heterocycles. The number of rotatable bonds is 4. The maximum absolute atomic E-state index is 11.8. The third-order valence-electron chi connectivity index (χ3n) is 2.72. The molecule has 4 nitrogen and oxygen atoms in total. The van der Waals surface area contributed by atoms with E-state index in [-0.39, 0.29) is 11.9 Å². The minimum Gasteiger partial charge on any atom is -0.381 e. The van der Waals surface area contributed by atoms with E-state index in [0.717, 1.165) is 25.8 Å². The largest absolute Gasteiger partial charge is 0.381 e. The molecule has 1 rings (SSSR count). The van der Waals surface area contributed by atoms with Crippen molar-refractivity contribution in [2.45, 2.75) is 38.6 Å². The van der Waals surface area contributed by atoms with Crippen molar-refractivity contribution in [3.8, 4) is 0 Å². The van der Waals surface area contributed by atoms with Crippen molar-refractivity contribution < 1.29 is 9.53 Å². The van der Waals surface area contributed by atoms with E-state index in [0.29, 0.717) is 26.2 Å². The number of carbonyl (C=O) groups excluding carboxylic acids is 1. The van der Waals surface area contributed by atoms with E-state index < -0.39 is 0 Å². The summed E-state index contributed by atoms with van der Waals surface area (Å²) in [5.74, 6) is 0.181. The van der Waals surface area contributed by atoms with Gasteiger partial charge < -0.3 is 15.4 Å². The quantitative estimate of drug-likeness (QED) is 0.703. The predicted octanol–water partition coefficient (Wildman–Crippen LogP) is 0.753. The fourth-order valence-electron chi connectivity index (χ4n) is 1.86. The summed E-state index contributed by atoms with van der Waals surface area (Å²) in [5, 5.41) is 0. The summed E-state index contributed by atoms with van der Waals surface area (Å²) < 4.78 is 5.17. The van der Waals surface area contributed by atoms with Crippen LogP contribution in [0.3, 0.4) is 0 Å². The number of amides is 1. The molecule has 0 aromatic carbocycles. The first-order chi connectivity index (χ1) is 7.24. The Balaban J connectivity index is 2.29. The number of nitrogens with two attached hydrogens (primary N) is 1. The smallest absolute Gasteiger partial charge is 0.224 e. The van der Waals surface area contributed by atoms with Crippen LogP contribution in [0.25, 0.3) is 0 Å². The second kappa shape index (κ2) is 6.80. The Morgan fingerprint density at radius 3 is 3.07 bits per heavy atom. The molecule has 0 aliphatic carbocycles. The molecule has 1 heterocycles. The summed E-state index contributed by atoms with van der Waals surface area (Å²) in [6.07, 6.45) is 3.74. The Hall–Kier alpha value is -0.610. The standard InChI is InChI=1S/C11H22N2O2/c1-2-15-8-6-11(14)13-7-4-3-5-10(12)9-13/h10H,2-9,12H2,1H3. The lowest BCUT2D eigenvalue weighted by molar-refractivity contribution is -0.132. The van der Waals surface area contributed by atoms with Gasteiger partial charge in [-0.15, -0.1) is 0 Å². The average molecular weight is 214 g/mol. The lowest BCUT2D eigenvalue weighted by Gasteiger charge is -2.22. The van der Waals surface area contributed by atoms with Gasteiger partial charge in [0.15, 0.2) is 0 Å². The van der Waals surface area contributed by atoms with Crippen LogP contribution < -0.4 is 5.73 Å². The van der Waals surface area contributed by atoms with Crippen LogP contribution in [0.2, 0.25) is 0 Å². The maximum atomic E-state index is 11.8. The van der Waals surface area contributed by atoms with Crippen molar-refractivity contribution in [3.05, 3.63) is 0 Å². The number of nitrogens with zero attached hydrogens (tertiary/aromatic N) is 1. The van der Waals surface area contributed by atoms with E-state index in [1.807, 2.05) is 11.8 Å². The van der Waals surface area contributed by atoms with Crippen LogP contribution in [-0.4, -0.2) is 43.2 Å². The van der Waals surface area contributed by atoms with Gasteiger partial charge in [0.05, 0.1) is 13.0 Å². The first-order valence-electron chi connectivity index (χ1n) is 5.85. The van der Waals surface area contributed by atoms with Crippen molar-refractivity contribution in [2.75, 3.05) is 26.3 Å².